The molecular weight excluding hydrogens is 260 g/mol. The summed E-state index contributed by atoms with van der Waals surface area (Å²) in [5.41, 5.74) is 4.93. The molecule has 0 amide bonds. The second-order valence-electron chi connectivity index (χ2n) is 5.23. The van der Waals surface area contributed by atoms with Gasteiger partial charge in [0, 0.05) is 17.2 Å². The zero-order valence-electron chi connectivity index (χ0n) is 12.1. The van der Waals surface area contributed by atoms with E-state index in [-0.39, 0.29) is 5.63 Å². The highest BCUT2D eigenvalue weighted by atomic mass is 16.4. The molecular formula is C19H16O2. The van der Waals surface area contributed by atoms with E-state index < -0.39 is 0 Å². The summed E-state index contributed by atoms with van der Waals surface area (Å²) in [4.78, 5) is 11.6. The molecule has 0 N–H and O–H groups in total. The Morgan fingerprint density at radius 3 is 1.76 bits per heavy atom. The average Bonchev–Trinajstić information content (AvgIpc) is 2.49. The Labute approximate surface area is 123 Å². The van der Waals surface area contributed by atoms with Crippen LogP contribution in [0.5, 0.6) is 0 Å². The van der Waals surface area contributed by atoms with Gasteiger partial charge in [0.1, 0.15) is 5.76 Å². The molecule has 104 valence electrons. The van der Waals surface area contributed by atoms with Gasteiger partial charge in [0.05, 0.1) is 0 Å². The standard InChI is InChI=1S/C19H16O2/c1-13-3-7-15(8-4-13)17-11-12-18(20)21-19(17)16-9-5-14(2)6-10-16/h3-12H,1-2H3. The Kier molecular flexibility index (Phi) is 3.44. The van der Waals surface area contributed by atoms with Crippen LogP contribution in [0.3, 0.4) is 0 Å². The van der Waals surface area contributed by atoms with E-state index in [2.05, 4.69) is 19.1 Å². The van der Waals surface area contributed by atoms with E-state index in [9.17, 15) is 4.79 Å². The molecule has 0 bridgehead atoms. The van der Waals surface area contributed by atoms with Crippen molar-refractivity contribution in [1.29, 1.82) is 0 Å². The van der Waals surface area contributed by atoms with Gasteiger partial charge in [-0.3, -0.25) is 0 Å². The van der Waals surface area contributed by atoms with E-state index in [0.717, 1.165) is 16.7 Å². The van der Waals surface area contributed by atoms with Crippen LogP contribution in [-0.2, 0) is 0 Å². The highest BCUT2D eigenvalue weighted by Gasteiger charge is 2.10. The zero-order valence-corrected chi connectivity index (χ0v) is 12.1. The van der Waals surface area contributed by atoms with Gasteiger partial charge in [0.2, 0.25) is 0 Å². The Morgan fingerprint density at radius 1 is 0.667 bits per heavy atom. The first-order valence-electron chi connectivity index (χ1n) is 6.92. The van der Waals surface area contributed by atoms with E-state index in [1.807, 2.05) is 49.4 Å². The third kappa shape index (κ3) is 2.79. The van der Waals surface area contributed by atoms with Gasteiger partial charge >= 0.3 is 5.63 Å². The van der Waals surface area contributed by atoms with Crippen molar-refractivity contribution in [3.63, 3.8) is 0 Å². The fourth-order valence-corrected chi connectivity index (χ4v) is 2.30. The lowest BCUT2D eigenvalue weighted by Crippen LogP contribution is -1.98. The van der Waals surface area contributed by atoms with Crippen molar-refractivity contribution in [1.82, 2.24) is 0 Å². The minimum atomic E-state index is -0.332. The van der Waals surface area contributed by atoms with E-state index in [4.69, 9.17) is 4.42 Å². The van der Waals surface area contributed by atoms with Crippen LogP contribution in [-0.4, -0.2) is 0 Å². The van der Waals surface area contributed by atoms with Gasteiger partial charge in [0.15, 0.2) is 0 Å². The van der Waals surface area contributed by atoms with Crippen molar-refractivity contribution in [2.75, 3.05) is 0 Å². The fourth-order valence-electron chi connectivity index (χ4n) is 2.30. The molecule has 3 rings (SSSR count). The molecule has 0 saturated carbocycles. The third-order valence-electron chi connectivity index (χ3n) is 3.51. The highest BCUT2D eigenvalue weighted by molar-refractivity contribution is 5.79. The number of hydrogen-bond donors (Lipinski definition) is 0. The molecule has 2 heteroatoms. The molecule has 0 spiro atoms. The van der Waals surface area contributed by atoms with E-state index in [1.165, 1.54) is 17.2 Å². The SMILES string of the molecule is Cc1ccc(-c2ccc(=O)oc2-c2ccc(C)cc2)cc1. The number of rotatable bonds is 2. The van der Waals surface area contributed by atoms with E-state index in [1.54, 1.807) is 0 Å². The lowest BCUT2D eigenvalue weighted by atomic mass is 9.99. The normalized spacial score (nSPS) is 10.6. The maximum Gasteiger partial charge on any atom is 0.336 e. The summed E-state index contributed by atoms with van der Waals surface area (Å²) < 4.78 is 5.46. The van der Waals surface area contributed by atoms with Gasteiger partial charge in [-0.2, -0.15) is 0 Å². The average molecular weight is 276 g/mol. The summed E-state index contributed by atoms with van der Waals surface area (Å²) in [6.07, 6.45) is 0. The smallest absolute Gasteiger partial charge is 0.336 e. The molecule has 3 aromatic rings. The quantitative estimate of drug-likeness (QED) is 0.685. The largest absolute Gasteiger partial charge is 0.422 e. The summed E-state index contributed by atoms with van der Waals surface area (Å²) in [6.45, 7) is 4.08. The topological polar surface area (TPSA) is 30.2 Å². The first-order valence-corrected chi connectivity index (χ1v) is 6.92. The molecule has 0 unspecified atom stereocenters. The molecule has 1 heterocycles. The molecule has 2 nitrogen and oxygen atoms in total. The van der Waals surface area contributed by atoms with Crippen molar-refractivity contribution in [2.45, 2.75) is 13.8 Å². The molecule has 2 aromatic carbocycles. The predicted octanol–water partition coefficient (Wildman–Crippen LogP) is 4.59. The number of benzene rings is 2. The van der Waals surface area contributed by atoms with Gasteiger partial charge in [0.25, 0.3) is 0 Å². The van der Waals surface area contributed by atoms with Crippen LogP contribution in [0.2, 0.25) is 0 Å². The third-order valence-corrected chi connectivity index (χ3v) is 3.51. The summed E-state index contributed by atoms with van der Waals surface area (Å²) in [5, 5.41) is 0. The zero-order chi connectivity index (χ0) is 14.8. The molecule has 21 heavy (non-hydrogen) atoms. The minimum absolute atomic E-state index is 0.332. The van der Waals surface area contributed by atoms with Gasteiger partial charge in [-0.1, -0.05) is 59.7 Å². The molecule has 0 radical (unpaired) electrons. The van der Waals surface area contributed by atoms with Crippen LogP contribution >= 0.6 is 0 Å². The molecule has 0 aliphatic rings. The van der Waals surface area contributed by atoms with Crippen LogP contribution in [0.15, 0.2) is 69.9 Å². The van der Waals surface area contributed by atoms with Gasteiger partial charge < -0.3 is 4.42 Å². The lowest BCUT2D eigenvalue weighted by molar-refractivity contribution is 0.527. The second kappa shape index (κ2) is 5.41. The Balaban J connectivity index is 2.19. The molecule has 0 saturated heterocycles. The second-order valence-corrected chi connectivity index (χ2v) is 5.23. The first kappa shape index (κ1) is 13.4. The number of aryl methyl sites for hydroxylation is 2. The predicted molar refractivity (Wildman–Crippen MR) is 85.3 cm³/mol. The highest BCUT2D eigenvalue weighted by Crippen LogP contribution is 2.31. The van der Waals surface area contributed by atoms with Gasteiger partial charge in [-0.05, 0) is 25.5 Å². The van der Waals surface area contributed by atoms with Crippen molar-refractivity contribution >= 4 is 0 Å². The Bertz CT molecular complexity index is 809. The summed E-state index contributed by atoms with van der Waals surface area (Å²) >= 11 is 0. The minimum Gasteiger partial charge on any atom is -0.422 e. The number of hydrogen-bond acceptors (Lipinski definition) is 2. The van der Waals surface area contributed by atoms with Gasteiger partial charge in [-0.25, -0.2) is 4.79 Å². The monoisotopic (exact) mass is 276 g/mol. The molecule has 0 aliphatic carbocycles. The molecule has 1 aromatic heterocycles. The maximum atomic E-state index is 11.6. The maximum absolute atomic E-state index is 11.6. The molecule has 0 fully saturated rings. The summed E-state index contributed by atoms with van der Waals surface area (Å²) in [7, 11) is 0. The van der Waals surface area contributed by atoms with Crippen LogP contribution in [0.1, 0.15) is 11.1 Å². The lowest BCUT2D eigenvalue weighted by Gasteiger charge is -2.08. The van der Waals surface area contributed by atoms with Crippen molar-refractivity contribution in [3.05, 3.63) is 82.2 Å². The van der Waals surface area contributed by atoms with Crippen molar-refractivity contribution in [2.24, 2.45) is 0 Å². The van der Waals surface area contributed by atoms with Gasteiger partial charge in [-0.15, -0.1) is 0 Å². The Morgan fingerprint density at radius 2 is 1.19 bits per heavy atom. The fraction of sp³-hybridized carbons (Fsp3) is 0.105. The van der Waals surface area contributed by atoms with E-state index >= 15 is 0 Å². The van der Waals surface area contributed by atoms with Crippen LogP contribution in [0, 0.1) is 13.8 Å². The molecule has 0 aliphatic heterocycles. The molecule has 0 atom stereocenters. The van der Waals surface area contributed by atoms with Crippen LogP contribution in [0.25, 0.3) is 22.5 Å². The Hall–Kier alpha value is -2.61. The van der Waals surface area contributed by atoms with Crippen molar-refractivity contribution in [3.8, 4) is 22.5 Å². The summed E-state index contributed by atoms with van der Waals surface area (Å²) in [5.74, 6) is 0.617. The first-order chi connectivity index (χ1) is 10.1. The van der Waals surface area contributed by atoms with Crippen LogP contribution < -0.4 is 5.63 Å². The van der Waals surface area contributed by atoms with E-state index in [0.29, 0.717) is 5.76 Å². The summed E-state index contributed by atoms with van der Waals surface area (Å²) in [6, 6.07) is 19.5. The van der Waals surface area contributed by atoms with Crippen LogP contribution in [0.4, 0.5) is 0 Å². The van der Waals surface area contributed by atoms with Crippen molar-refractivity contribution < 1.29 is 4.42 Å².